The van der Waals surface area contributed by atoms with Crippen molar-refractivity contribution in [1.82, 2.24) is 0 Å². The maximum atomic E-state index is 12.9. The number of aliphatic hydroxyl groups is 4. The number of aliphatic hydroxyl groups excluding tert-OH is 4. The first kappa shape index (κ1) is 63.2. The third-order valence-electron chi connectivity index (χ3n) is 14.0. The first-order chi connectivity index (χ1) is 32.4. The van der Waals surface area contributed by atoms with Crippen LogP contribution in [0, 0.1) is 0 Å². The summed E-state index contributed by atoms with van der Waals surface area (Å²) in [5, 5.41) is 40.3. The zero-order chi connectivity index (χ0) is 47.8. The lowest BCUT2D eigenvalue weighted by Gasteiger charge is -2.39. The lowest BCUT2D eigenvalue weighted by molar-refractivity contribution is -0.305. The minimum Gasteiger partial charge on any atom is -0.457 e. The molecule has 6 atom stereocenters. The molecule has 1 rings (SSSR count). The fourth-order valence-electron chi connectivity index (χ4n) is 9.50. The van der Waals surface area contributed by atoms with Gasteiger partial charge in [-0.05, 0) is 12.8 Å². The molecule has 0 aromatic rings. The van der Waals surface area contributed by atoms with E-state index in [-0.39, 0.29) is 19.2 Å². The van der Waals surface area contributed by atoms with Crippen molar-refractivity contribution in [3.05, 3.63) is 0 Å². The van der Waals surface area contributed by atoms with E-state index in [2.05, 4.69) is 13.8 Å². The molecule has 1 heterocycles. The molecule has 0 radical (unpaired) electrons. The average Bonchev–Trinajstić information content (AvgIpc) is 3.32. The van der Waals surface area contributed by atoms with E-state index in [0.29, 0.717) is 13.0 Å². The van der Waals surface area contributed by atoms with Gasteiger partial charge in [-0.3, -0.25) is 4.79 Å². The molecule has 66 heavy (non-hydrogen) atoms. The van der Waals surface area contributed by atoms with Crippen LogP contribution in [-0.4, -0.2) is 89.6 Å². The highest BCUT2D eigenvalue weighted by molar-refractivity contribution is 5.69. The minimum absolute atomic E-state index is 0.104. The van der Waals surface area contributed by atoms with Crippen LogP contribution in [0.4, 0.5) is 0 Å². The van der Waals surface area contributed by atoms with Crippen molar-refractivity contribution in [2.45, 2.75) is 333 Å². The minimum atomic E-state index is -1.53. The summed E-state index contributed by atoms with van der Waals surface area (Å²) in [6.07, 6.45) is 50.1. The van der Waals surface area contributed by atoms with Crippen LogP contribution < -0.4 is 0 Å². The summed E-state index contributed by atoms with van der Waals surface area (Å²) >= 11 is 0. The van der Waals surface area contributed by atoms with Crippen molar-refractivity contribution < 1.29 is 44.2 Å². The summed E-state index contributed by atoms with van der Waals surface area (Å²) in [5.74, 6) is -0.303. The molecule has 1 saturated heterocycles. The number of carbonyl (C=O) groups excluding carboxylic acids is 1. The number of rotatable bonds is 52. The molecule has 1 aliphatic heterocycles. The first-order valence-electron chi connectivity index (χ1n) is 29.1. The molecule has 0 aromatic heterocycles. The topological polar surface area (TPSA) is 135 Å². The van der Waals surface area contributed by atoms with E-state index >= 15 is 0 Å². The zero-order valence-electron chi connectivity index (χ0n) is 43.7. The first-order valence-corrected chi connectivity index (χ1v) is 29.1. The van der Waals surface area contributed by atoms with Crippen molar-refractivity contribution in [2.24, 2.45) is 0 Å². The second-order valence-corrected chi connectivity index (χ2v) is 20.5. The molecular formula is C57H112O9. The van der Waals surface area contributed by atoms with E-state index in [0.717, 1.165) is 32.1 Å². The van der Waals surface area contributed by atoms with Gasteiger partial charge in [-0.1, -0.05) is 277 Å². The van der Waals surface area contributed by atoms with Crippen LogP contribution in [0.25, 0.3) is 0 Å². The molecule has 6 unspecified atom stereocenters. The summed E-state index contributed by atoms with van der Waals surface area (Å²) in [4.78, 5) is 12.9. The Balaban J connectivity index is 2.13. The molecule has 0 saturated carbocycles. The third kappa shape index (κ3) is 39.0. The van der Waals surface area contributed by atoms with Gasteiger partial charge >= 0.3 is 5.97 Å². The van der Waals surface area contributed by atoms with E-state index in [1.165, 1.54) is 244 Å². The highest BCUT2D eigenvalue weighted by Gasteiger charge is 2.44. The van der Waals surface area contributed by atoms with Crippen LogP contribution in [0.5, 0.6) is 0 Å². The molecule has 4 N–H and O–H groups in total. The van der Waals surface area contributed by atoms with Crippen LogP contribution in [0.1, 0.15) is 296 Å². The number of ether oxygens (including phenoxy) is 4. The largest absolute Gasteiger partial charge is 0.457 e. The van der Waals surface area contributed by atoms with Crippen LogP contribution in [0.3, 0.4) is 0 Å². The normalized spacial score (nSPS) is 19.2. The van der Waals surface area contributed by atoms with Gasteiger partial charge in [0.2, 0.25) is 0 Å². The van der Waals surface area contributed by atoms with Gasteiger partial charge in [0, 0.05) is 13.0 Å². The molecule has 0 aliphatic carbocycles. The van der Waals surface area contributed by atoms with Gasteiger partial charge in [0.05, 0.1) is 19.8 Å². The SMILES string of the molecule is CCCCCCCCCCCCCCCCCCCCCCCCOCC(COC1OC(CO)C(O)C(O)C1O)OC(=O)CCCCCCCCCCCCCCCCCCCCCCC. The second kappa shape index (κ2) is 49.2. The smallest absolute Gasteiger partial charge is 0.306 e. The maximum absolute atomic E-state index is 12.9. The molecule has 0 amide bonds. The Morgan fingerprint density at radius 3 is 1.08 bits per heavy atom. The maximum Gasteiger partial charge on any atom is 0.306 e. The lowest BCUT2D eigenvalue weighted by Crippen LogP contribution is -2.59. The second-order valence-electron chi connectivity index (χ2n) is 20.5. The van der Waals surface area contributed by atoms with Gasteiger partial charge in [-0.25, -0.2) is 0 Å². The molecule has 9 nitrogen and oxygen atoms in total. The quantitative estimate of drug-likeness (QED) is 0.0347. The fraction of sp³-hybridized carbons (Fsp3) is 0.982. The Bertz CT molecular complexity index is 982. The predicted molar refractivity (Wildman–Crippen MR) is 275 cm³/mol. The number of hydrogen-bond donors (Lipinski definition) is 4. The fourth-order valence-corrected chi connectivity index (χ4v) is 9.50. The van der Waals surface area contributed by atoms with Gasteiger partial charge in [0.25, 0.3) is 0 Å². The van der Waals surface area contributed by atoms with E-state index in [1.807, 2.05) is 0 Å². The molecule has 0 aromatic carbocycles. The number of unbranched alkanes of at least 4 members (excludes halogenated alkanes) is 41. The lowest BCUT2D eigenvalue weighted by atomic mass is 9.99. The zero-order valence-corrected chi connectivity index (χ0v) is 43.7. The Hall–Kier alpha value is -0.810. The standard InChI is InChI=1S/C57H112O9/c1-3-5-7-9-11-13-15-17-19-21-23-25-27-29-31-33-35-37-39-41-43-45-47-63-49-51(50-64-57-56(62)55(61)54(60)52(48-58)66-57)65-53(59)46-44-42-40-38-36-34-32-30-28-26-24-22-20-18-16-14-12-10-8-6-4-2/h51-52,54-58,60-62H,3-50H2,1-2H3. The Morgan fingerprint density at radius 1 is 0.424 bits per heavy atom. The van der Waals surface area contributed by atoms with Gasteiger partial charge < -0.3 is 39.4 Å². The number of hydrogen-bond acceptors (Lipinski definition) is 9. The van der Waals surface area contributed by atoms with E-state index in [1.54, 1.807) is 0 Å². The van der Waals surface area contributed by atoms with Gasteiger partial charge in [-0.15, -0.1) is 0 Å². The highest BCUT2D eigenvalue weighted by atomic mass is 16.7. The molecule has 394 valence electrons. The third-order valence-corrected chi connectivity index (χ3v) is 14.0. The predicted octanol–water partition coefficient (Wildman–Crippen LogP) is 14.9. The van der Waals surface area contributed by atoms with Crippen molar-refractivity contribution >= 4 is 5.97 Å². The van der Waals surface area contributed by atoms with E-state index in [9.17, 15) is 25.2 Å². The molecule has 1 fully saturated rings. The molecule has 0 bridgehead atoms. The summed E-state index contributed by atoms with van der Waals surface area (Å²) in [7, 11) is 0. The van der Waals surface area contributed by atoms with Crippen molar-refractivity contribution in [3.8, 4) is 0 Å². The Kier molecular flexibility index (Phi) is 47.1. The molecular weight excluding hydrogens is 829 g/mol. The summed E-state index contributed by atoms with van der Waals surface area (Å²) in [6, 6.07) is 0. The van der Waals surface area contributed by atoms with Crippen LogP contribution in [0.2, 0.25) is 0 Å². The van der Waals surface area contributed by atoms with Gasteiger partial charge in [0.15, 0.2) is 6.29 Å². The average molecular weight is 942 g/mol. The van der Waals surface area contributed by atoms with Crippen LogP contribution in [-0.2, 0) is 23.7 Å². The van der Waals surface area contributed by atoms with E-state index in [4.69, 9.17) is 18.9 Å². The van der Waals surface area contributed by atoms with Gasteiger partial charge in [0.1, 0.15) is 30.5 Å². The summed E-state index contributed by atoms with van der Waals surface area (Å²) < 4.78 is 23.0. The molecule has 1 aliphatic rings. The van der Waals surface area contributed by atoms with Crippen molar-refractivity contribution in [1.29, 1.82) is 0 Å². The Morgan fingerprint density at radius 2 is 0.742 bits per heavy atom. The molecule has 9 heteroatoms. The summed E-state index contributed by atoms with van der Waals surface area (Å²) in [5.41, 5.74) is 0. The Labute approximate surface area is 408 Å². The van der Waals surface area contributed by atoms with Gasteiger partial charge in [-0.2, -0.15) is 0 Å². The monoisotopic (exact) mass is 941 g/mol. The van der Waals surface area contributed by atoms with Crippen molar-refractivity contribution in [2.75, 3.05) is 26.4 Å². The highest BCUT2D eigenvalue weighted by Crippen LogP contribution is 2.23. The number of carbonyl (C=O) groups is 1. The van der Waals surface area contributed by atoms with Crippen LogP contribution in [0.15, 0.2) is 0 Å². The summed E-state index contributed by atoms with van der Waals surface area (Å²) in [6.45, 7) is 4.65. The molecule has 0 spiro atoms. The van der Waals surface area contributed by atoms with Crippen LogP contribution >= 0.6 is 0 Å². The van der Waals surface area contributed by atoms with Crippen molar-refractivity contribution in [3.63, 3.8) is 0 Å². The van der Waals surface area contributed by atoms with E-state index < -0.39 is 43.4 Å². The number of esters is 1.